The van der Waals surface area contributed by atoms with Gasteiger partial charge in [-0.3, -0.25) is 0 Å². The van der Waals surface area contributed by atoms with E-state index in [0.717, 1.165) is 5.21 Å². The third-order valence-electron chi connectivity index (χ3n) is 1.69. The normalized spacial score (nSPS) is 16.1. The van der Waals surface area contributed by atoms with Gasteiger partial charge < -0.3 is 0 Å². The summed E-state index contributed by atoms with van der Waals surface area (Å²) in [6.45, 7) is 2.89. The van der Waals surface area contributed by atoms with Gasteiger partial charge in [-0.05, 0) is 0 Å². The van der Waals surface area contributed by atoms with E-state index in [2.05, 4.69) is 21.7 Å². The van der Waals surface area contributed by atoms with E-state index in [-0.39, 0.29) is 19.8 Å². The molecule has 0 spiro atoms. The minimum atomic E-state index is -4.12. The summed E-state index contributed by atoms with van der Waals surface area (Å²) >= 11 is -1.58. The number of rotatable bonds is 9. The van der Waals surface area contributed by atoms with Crippen molar-refractivity contribution in [2.45, 2.75) is 29.3 Å². The second kappa shape index (κ2) is 7.86. The molecule has 0 aliphatic carbocycles. The second-order valence-corrected chi connectivity index (χ2v) is 16.3. The maximum absolute atomic E-state index is 11.2. The van der Waals surface area contributed by atoms with Crippen LogP contribution in [0.1, 0.15) is 6.92 Å². The van der Waals surface area contributed by atoms with Crippen LogP contribution in [0.2, 0.25) is 22.3 Å². The molecular weight excluding hydrogens is 294 g/mol. The molecule has 1 radical (unpaired) electrons. The molecule has 16 heavy (non-hydrogen) atoms. The van der Waals surface area contributed by atoms with Gasteiger partial charge in [-0.25, -0.2) is 0 Å². The molecule has 5 nitrogen and oxygen atoms in total. The summed E-state index contributed by atoms with van der Waals surface area (Å²) in [6.07, 6.45) is 0. The van der Waals surface area contributed by atoms with E-state index in [0.29, 0.717) is 6.61 Å². The SMILES string of the molecule is CCOCCOP(=O)([O-])OCC[As](C)(C)C. The van der Waals surface area contributed by atoms with Gasteiger partial charge >= 0.3 is 100 Å². The van der Waals surface area contributed by atoms with Crippen LogP contribution < -0.4 is 4.89 Å². The quantitative estimate of drug-likeness (QED) is 0.369. The number of phosphoric ester groups is 1. The van der Waals surface area contributed by atoms with Crippen LogP contribution in [-0.2, 0) is 18.3 Å². The number of ether oxygens (including phenoxy) is 1. The Kier molecular flexibility index (Phi) is 8.17. The molecule has 1 unspecified atom stereocenters. The van der Waals surface area contributed by atoms with Crippen molar-refractivity contribution in [2.75, 3.05) is 26.4 Å². The predicted octanol–water partition coefficient (Wildman–Crippen LogP) is 1.86. The monoisotopic (exact) mass is 316 g/mol. The van der Waals surface area contributed by atoms with E-state index in [4.69, 9.17) is 9.26 Å². The third kappa shape index (κ3) is 11.1. The second-order valence-electron chi connectivity index (χ2n) is 4.32. The fraction of sp³-hybridized carbons (Fsp3) is 1.00. The zero-order valence-electron chi connectivity index (χ0n) is 10.5. The molecule has 0 saturated carbocycles. The maximum atomic E-state index is 11.2. The van der Waals surface area contributed by atoms with Gasteiger partial charge in [0.25, 0.3) is 0 Å². The molecule has 0 aromatic rings. The topological polar surface area (TPSA) is 67.8 Å². The molecular formula is C9H22AsO5P-. The van der Waals surface area contributed by atoms with Crippen molar-refractivity contribution in [3.8, 4) is 0 Å². The van der Waals surface area contributed by atoms with E-state index >= 15 is 0 Å². The molecule has 7 heteroatoms. The van der Waals surface area contributed by atoms with Gasteiger partial charge in [-0.2, -0.15) is 0 Å². The Morgan fingerprint density at radius 2 is 1.69 bits per heavy atom. The van der Waals surface area contributed by atoms with Crippen molar-refractivity contribution in [3.05, 3.63) is 0 Å². The standard InChI is InChI=1S/C9H23AsO5P/c1-5-13-8-9-15-16(11,12)14-7-6-10(2,3)4/h5-9H2,1-4H3,(H,11,12)/p-1. The average molecular weight is 316 g/mol. The summed E-state index contributed by atoms with van der Waals surface area (Å²) < 4.78 is 25.6. The Hall–Kier alpha value is 0.628. The summed E-state index contributed by atoms with van der Waals surface area (Å²) in [4.78, 5) is 11.2. The van der Waals surface area contributed by atoms with Gasteiger partial charge in [0, 0.05) is 0 Å². The summed E-state index contributed by atoms with van der Waals surface area (Å²) in [7, 11) is -4.12. The first-order valence-corrected chi connectivity index (χ1v) is 13.7. The Labute approximate surface area is 101 Å². The summed E-state index contributed by atoms with van der Waals surface area (Å²) in [5.74, 6) is 0. The van der Waals surface area contributed by atoms with Gasteiger partial charge in [-0.1, -0.05) is 0 Å². The molecule has 0 saturated heterocycles. The van der Waals surface area contributed by atoms with Crippen molar-refractivity contribution in [3.63, 3.8) is 0 Å². The number of hydrogen-bond acceptors (Lipinski definition) is 5. The Balaban J connectivity index is 3.66. The van der Waals surface area contributed by atoms with Crippen molar-refractivity contribution in [2.24, 2.45) is 0 Å². The van der Waals surface area contributed by atoms with Crippen LogP contribution in [0.5, 0.6) is 0 Å². The zero-order chi connectivity index (χ0) is 12.7. The van der Waals surface area contributed by atoms with E-state index in [1.807, 2.05) is 6.92 Å². The average Bonchev–Trinajstić information content (AvgIpc) is 2.10. The molecule has 0 bridgehead atoms. The van der Waals surface area contributed by atoms with Crippen LogP contribution in [0, 0.1) is 0 Å². The van der Waals surface area contributed by atoms with Crippen molar-refractivity contribution >= 4 is 21.4 Å². The molecule has 0 fully saturated rings. The fourth-order valence-electron chi connectivity index (χ4n) is 0.816. The van der Waals surface area contributed by atoms with Gasteiger partial charge in [-0.15, -0.1) is 0 Å². The molecule has 0 aliphatic rings. The van der Waals surface area contributed by atoms with Crippen molar-refractivity contribution < 1.29 is 23.2 Å². The molecule has 1 atom stereocenters. The van der Waals surface area contributed by atoms with Crippen LogP contribution in [0.3, 0.4) is 0 Å². The molecule has 0 N–H and O–H groups in total. The first kappa shape index (κ1) is 16.6. The van der Waals surface area contributed by atoms with E-state index in [1.54, 1.807) is 0 Å². The van der Waals surface area contributed by atoms with Crippen molar-refractivity contribution in [1.82, 2.24) is 0 Å². The summed E-state index contributed by atoms with van der Waals surface area (Å²) in [6, 6.07) is 0. The predicted molar refractivity (Wildman–Crippen MR) is 64.2 cm³/mol. The van der Waals surface area contributed by atoms with E-state index in [1.165, 1.54) is 0 Å². The van der Waals surface area contributed by atoms with Crippen LogP contribution in [-0.4, -0.2) is 40.0 Å². The number of hydrogen-bond donors (Lipinski definition) is 0. The van der Waals surface area contributed by atoms with E-state index < -0.39 is 21.4 Å². The molecule has 0 aliphatic heterocycles. The summed E-state index contributed by atoms with van der Waals surface area (Å²) in [5, 5.41) is 0.833. The van der Waals surface area contributed by atoms with Gasteiger partial charge in [0.15, 0.2) is 0 Å². The van der Waals surface area contributed by atoms with Crippen molar-refractivity contribution in [1.29, 1.82) is 0 Å². The van der Waals surface area contributed by atoms with Crippen LogP contribution in [0.4, 0.5) is 0 Å². The molecule has 0 heterocycles. The number of phosphoric acid groups is 1. The third-order valence-corrected chi connectivity index (χ3v) is 5.89. The Morgan fingerprint density at radius 3 is 2.19 bits per heavy atom. The molecule has 0 rings (SSSR count). The van der Waals surface area contributed by atoms with Gasteiger partial charge in [0.05, 0.1) is 0 Å². The van der Waals surface area contributed by atoms with E-state index in [9.17, 15) is 9.46 Å². The van der Waals surface area contributed by atoms with Crippen LogP contribution in [0.15, 0.2) is 0 Å². The first-order valence-electron chi connectivity index (χ1n) is 5.25. The Morgan fingerprint density at radius 1 is 1.12 bits per heavy atom. The van der Waals surface area contributed by atoms with Gasteiger partial charge in [0.1, 0.15) is 0 Å². The Bertz CT molecular complexity index is 228. The molecule has 0 aromatic carbocycles. The zero-order valence-corrected chi connectivity index (χ0v) is 13.2. The first-order chi connectivity index (χ1) is 7.27. The van der Waals surface area contributed by atoms with Crippen LogP contribution in [0.25, 0.3) is 0 Å². The van der Waals surface area contributed by atoms with Gasteiger partial charge in [0.2, 0.25) is 0 Å². The molecule has 0 amide bonds. The molecule has 0 aromatic heterocycles. The van der Waals surface area contributed by atoms with Crippen LogP contribution >= 0.6 is 7.82 Å². The fourth-order valence-corrected chi connectivity index (χ4v) is 3.16. The minimum absolute atomic E-state index is 0.0181. The summed E-state index contributed by atoms with van der Waals surface area (Å²) in [5.41, 5.74) is 6.56. The molecule has 99 valence electrons.